The van der Waals surface area contributed by atoms with Crippen LogP contribution in [0.2, 0.25) is 0 Å². The molecule has 3 aromatic rings. The highest BCUT2D eigenvalue weighted by molar-refractivity contribution is 6.07. The van der Waals surface area contributed by atoms with Crippen LogP contribution in [-0.2, 0) is 0 Å². The molecule has 2 N–H and O–H groups in total. The summed E-state index contributed by atoms with van der Waals surface area (Å²) in [6.07, 6.45) is 1.14. The molecule has 3 rings (SSSR count). The van der Waals surface area contributed by atoms with Gasteiger partial charge in [-0.25, -0.2) is 13.8 Å². The number of alkyl halides is 2. The molecule has 1 amide bonds. The molecule has 0 aliphatic heterocycles. The molecule has 0 bridgehead atoms. The summed E-state index contributed by atoms with van der Waals surface area (Å²) in [5.74, 6) is -0.204. The van der Waals surface area contributed by atoms with E-state index >= 15 is 0 Å². The molecule has 0 unspecified atom stereocenters. The Hall–Kier alpha value is -2.90. The molecule has 3 heterocycles. The average molecular weight is 289 g/mol. The second kappa shape index (κ2) is 5.23. The number of amides is 1. The average Bonchev–Trinajstić information content (AvgIpc) is 2.91. The molecule has 106 valence electrons. The predicted molar refractivity (Wildman–Crippen MR) is 71.0 cm³/mol. The van der Waals surface area contributed by atoms with Gasteiger partial charge in [-0.2, -0.15) is 5.10 Å². The van der Waals surface area contributed by atoms with Crippen LogP contribution in [-0.4, -0.2) is 26.1 Å². The van der Waals surface area contributed by atoms with E-state index in [1.807, 2.05) is 0 Å². The second-order valence-electron chi connectivity index (χ2n) is 4.23. The van der Waals surface area contributed by atoms with Crippen molar-refractivity contribution >= 4 is 22.8 Å². The Balaban J connectivity index is 1.88. The Bertz CT molecular complexity index is 802. The SMILES string of the molecule is O=C(Nc1[nH]nc2ncccc12)c1cncc(C(F)F)c1. The van der Waals surface area contributed by atoms with Gasteiger partial charge in [-0.05, 0) is 18.2 Å². The zero-order valence-electron chi connectivity index (χ0n) is 10.5. The summed E-state index contributed by atoms with van der Waals surface area (Å²) in [5.41, 5.74) is 0.186. The number of rotatable bonds is 3. The second-order valence-corrected chi connectivity index (χ2v) is 4.23. The van der Waals surface area contributed by atoms with Crippen LogP contribution in [0.15, 0.2) is 36.8 Å². The van der Waals surface area contributed by atoms with E-state index in [-0.39, 0.29) is 11.1 Å². The lowest BCUT2D eigenvalue weighted by atomic mass is 10.2. The molecule has 0 atom stereocenters. The van der Waals surface area contributed by atoms with Crippen LogP contribution in [0.3, 0.4) is 0 Å². The van der Waals surface area contributed by atoms with E-state index in [0.717, 1.165) is 12.3 Å². The van der Waals surface area contributed by atoms with Crippen molar-refractivity contribution < 1.29 is 13.6 Å². The van der Waals surface area contributed by atoms with Crippen LogP contribution in [0.4, 0.5) is 14.6 Å². The van der Waals surface area contributed by atoms with E-state index in [0.29, 0.717) is 16.9 Å². The van der Waals surface area contributed by atoms with Gasteiger partial charge >= 0.3 is 0 Å². The first-order chi connectivity index (χ1) is 10.1. The van der Waals surface area contributed by atoms with E-state index in [9.17, 15) is 13.6 Å². The molecular formula is C13H9F2N5O. The normalized spacial score (nSPS) is 11.0. The van der Waals surface area contributed by atoms with Gasteiger partial charge in [-0.3, -0.25) is 14.9 Å². The van der Waals surface area contributed by atoms with Gasteiger partial charge in [-0.1, -0.05) is 0 Å². The molecule has 0 spiro atoms. The lowest BCUT2D eigenvalue weighted by molar-refractivity contribution is 0.102. The summed E-state index contributed by atoms with van der Waals surface area (Å²) in [5, 5.41) is 9.76. The highest BCUT2D eigenvalue weighted by Crippen LogP contribution is 2.20. The zero-order chi connectivity index (χ0) is 14.8. The molecule has 0 aromatic carbocycles. The van der Waals surface area contributed by atoms with E-state index in [1.165, 1.54) is 6.20 Å². The Morgan fingerprint density at radius 3 is 3.00 bits per heavy atom. The number of hydrogen-bond acceptors (Lipinski definition) is 4. The maximum Gasteiger partial charge on any atom is 0.265 e. The number of fused-ring (bicyclic) bond motifs is 1. The monoisotopic (exact) mass is 289 g/mol. The third-order valence-corrected chi connectivity index (χ3v) is 2.84. The van der Waals surface area contributed by atoms with Crippen molar-refractivity contribution in [2.45, 2.75) is 6.43 Å². The molecule has 0 saturated carbocycles. The van der Waals surface area contributed by atoms with Crippen molar-refractivity contribution in [2.24, 2.45) is 0 Å². The molecule has 6 nitrogen and oxygen atoms in total. The number of hydrogen-bond donors (Lipinski definition) is 2. The standard InChI is InChI=1S/C13H9F2N5O/c14-10(15)7-4-8(6-16-5-7)13(21)18-12-9-2-1-3-17-11(9)19-20-12/h1-6,10H,(H2,17,18,19,20,21). The lowest BCUT2D eigenvalue weighted by Crippen LogP contribution is -2.13. The van der Waals surface area contributed by atoms with Crippen molar-refractivity contribution in [3.05, 3.63) is 47.9 Å². The molecule has 0 saturated heterocycles. The number of aromatic amines is 1. The van der Waals surface area contributed by atoms with Gasteiger partial charge in [0.2, 0.25) is 0 Å². The van der Waals surface area contributed by atoms with Crippen LogP contribution in [0.1, 0.15) is 22.3 Å². The first-order valence-electron chi connectivity index (χ1n) is 5.98. The van der Waals surface area contributed by atoms with Crippen molar-refractivity contribution in [1.82, 2.24) is 20.2 Å². The van der Waals surface area contributed by atoms with Gasteiger partial charge in [0.1, 0.15) is 5.82 Å². The minimum Gasteiger partial charge on any atom is -0.306 e. The number of anilines is 1. The number of carbonyl (C=O) groups excluding carboxylic acids is 1. The predicted octanol–water partition coefficient (Wildman–Crippen LogP) is 2.54. The number of nitrogens with zero attached hydrogens (tertiary/aromatic N) is 3. The van der Waals surface area contributed by atoms with Crippen LogP contribution < -0.4 is 5.32 Å². The molecule has 3 aromatic heterocycles. The fourth-order valence-corrected chi connectivity index (χ4v) is 1.83. The number of H-pyrrole nitrogens is 1. The molecule has 21 heavy (non-hydrogen) atoms. The molecule has 0 radical (unpaired) electrons. The Labute approximate surface area is 117 Å². The summed E-state index contributed by atoms with van der Waals surface area (Å²) >= 11 is 0. The van der Waals surface area contributed by atoms with Crippen molar-refractivity contribution in [3.63, 3.8) is 0 Å². The fraction of sp³-hybridized carbons (Fsp3) is 0.0769. The number of nitrogens with one attached hydrogen (secondary N) is 2. The van der Waals surface area contributed by atoms with E-state index in [4.69, 9.17) is 0 Å². The van der Waals surface area contributed by atoms with E-state index in [1.54, 1.807) is 18.3 Å². The first-order valence-corrected chi connectivity index (χ1v) is 5.98. The molecule has 0 aliphatic rings. The van der Waals surface area contributed by atoms with Gasteiger partial charge < -0.3 is 5.32 Å². The summed E-state index contributed by atoms with van der Waals surface area (Å²) in [4.78, 5) is 19.7. The number of aromatic nitrogens is 4. The van der Waals surface area contributed by atoms with Crippen LogP contribution in [0, 0.1) is 0 Å². The van der Waals surface area contributed by atoms with Gasteiger partial charge in [0.15, 0.2) is 5.65 Å². The maximum atomic E-state index is 12.6. The number of carbonyl (C=O) groups is 1. The quantitative estimate of drug-likeness (QED) is 0.776. The smallest absolute Gasteiger partial charge is 0.265 e. The van der Waals surface area contributed by atoms with Crippen LogP contribution in [0.25, 0.3) is 11.0 Å². The van der Waals surface area contributed by atoms with Gasteiger partial charge in [0, 0.05) is 24.2 Å². The van der Waals surface area contributed by atoms with Crippen LogP contribution in [0.5, 0.6) is 0 Å². The maximum absolute atomic E-state index is 12.6. The van der Waals surface area contributed by atoms with Gasteiger partial charge in [0.05, 0.1) is 10.9 Å². The van der Waals surface area contributed by atoms with E-state index < -0.39 is 12.3 Å². The third kappa shape index (κ3) is 2.55. The van der Waals surface area contributed by atoms with Crippen molar-refractivity contribution in [1.29, 1.82) is 0 Å². The Kier molecular flexibility index (Phi) is 3.27. The van der Waals surface area contributed by atoms with Crippen molar-refractivity contribution in [3.8, 4) is 0 Å². The van der Waals surface area contributed by atoms with E-state index in [2.05, 4.69) is 25.5 Å². The summed E-state index contributed by atoms with van der Waals surface area (Å²) in [6.45, 7) is 0. The third-order valence-electron chi connectivity index (χ3n) is 2.84. The minimum atomic E-state index is -2.68. The lowest BCUT2D eigenvalue weighted by Gasteiger charge is -2.05. The summed E-state index contributed by atoms with van der Waals surface area (Å²) < 4.78 is 25.2. The Morgan fingerprint density at radius 1 is 1.33 bits per heavy atom. The zero-order valence-corrected chi connectivity index (χ0v) is 10.5. The number of halogens is 2. The Morgan fingerprint density at radius 2 is 2.19 bits per heavy atom. The largest absolute Gasteiger partial charge is 0.306 e. The first kappa shape index (κ1) is 13.1. The summed E-state index contributed by atoms with van der Waals surface area (Å²) in [6, 6.07) is 4.53. The molecular weight excluding hydrogens is 280 g/mol. The highest BCUT2D eigenvalue weighted by atomic mass is 19.3. The fourth-order valence-electron chi connectivity index (χ4n) is 1.83. The van der Waals surface area contributed by atoms with Crippen molar-refractivity contribution in [2.75, 3.05) is 5.32 Å². The minimum absolute atomic E-state index is 0.0411. The highest BCUT2D eigenvalue weighted by Gasteiger charge is 2.14. The topological polar surface area (TPSA) is 83.6 Å². The molecule has 8 heteroatoms. The van der Waals surface area contributed by atoms with Crippen LogP contribution >= 0.6 is 0 Å². The molecule has 0 fully saturated rings. The number of pyridine rings is 2. The summed E-state index contributed by atoms with van der Waals surface area (Å²) in [7, 11) is 0. The molecule has 0 aliphatic carbocycles. The van der Waals surface area contributed by atoms with Gasteiger partial charge in [-0.15, -0.1) is 0 Å². The van der Waals surface area contributed by atoms with Gasteiger partial charge in [0.25, 0.3) is 12.3 Å².